The molecule has 1 saturated heterocycles. The van der Waals surface area contributed by atoms with Gasteiger partial charge in [-0.3, -0.25) is 9.69 Å². The van der Waals surface area contributed by atoms with Crippen LogP contribution in [-0.2, 0) is 12.3 Å². The summed E-state index contributed by atoms with van der Waals surface area (Å²) in [5, 5.41) is 4.57. The lowest BCUT2D eigenvalue weighted by Gasteiger charge is -2.36. The van der Waals surface area contributed by atoms with Gasteiger partial charge in [0.05, 0.1) is 17.6 Å². The molecule has 1 aliphatic rings. The van der Waals surface area contributed by atoms with Crippen LogP contribution >= 0.6 is 11.8 Å². The highest BCUT2D eigenvalue weighted by atomic mass is 32.2. The molecule has 5 rings (SSSR count). The highest BCUT2D eigenvalue weighted by Crippen LogP contribution is 2.30. The summed E-state index contributed by atoms with van der Waals surface area (Å²) in [6, 6.07) is 28.7. The molecule has 1 aliphatic heterocycles. The van der Waals surface area contributed by atoms with Crippen LogP contribution in [0.3, 0.4) is 0 Å². The first-order valence-electron chi connectivity index (χ1n) is 12.0. The number of piperazine rings is 1. The molecule has 3 aromatic carbocycles. The van der Waals surface area contributed by atoms with Gasteiger partial charge in [0.15, 0.2) is 0 Å². The Balaban J connectivity index is 1.37. The van der Waals surface area contributed by atoms with Gasteiger partial charge in [-0.1, -0.05) is 78.4 Å². The Hall–Kier alpha value is -3.35. The first-order valence-corrected chi connectivity index (χ1v) is 13.0. The fraction of sp³-hybridized carbons (Fsp3) is 0.241. The Kier molecular flexibility index (Phi) is 7.31. The molecule has 1 aromatic heterocycles. The Bertz CT molecular complexity index is 1320. The summed E-state index contributed by atoms with van der Waals surface area (Å²) >= 11 is 1.61. The molecule has 35 heavy (non-hydrogen) atoms. The Morgan fingerprint density at radius 3 is 2.23 bits per heavy atom. The molecule has 0 aliphatic carbocycles. The minimum Gasteiger partial charge on any atom is -0.367 e. The number of hydrogen-bond acceptors (Lipinski definition) is 5. The first-order chi connectivity index (χ1) is 17.2. The van der Waals surface area contributed by atoms with Gasteiger partial charge in [0.25, 0.3) is 5.56 Å². The van der Waals surface area contributed by atoms with E-state index >= 15 is 0 Å². The molecule has 1 fully saturated rings. The SMILES string of the molecule is Cc1cccc(CN2CCN(c3cnn(-c4ccccc4)c(=O)c3SCc3ccccc3)CC2)c1. The second-order valence-electron chi connectivity index (χ2n) is 8.94. The number of aromatic nitrogens is 2. The van der Waals surface area contributed by atoms with Crippen molar-refractivity contribution >= 4 is 17.4 Å². The number of thioether (sulfide) groups is 1. The average Bonchev–Trinajstić information content (AvgIpc) is 2.89. The van der Waals surface area contributed by atoms with Gasteiger partial charge in [0.1, 0.15) is 4.90 Å². The molecule has 0 N–H and O–H groups in total. The van der Waals surface area contributed by atoms with E-state index in [1.165, 1.54) is 21.4 Å². The lowest BCUT2D eigenvalue weighted by molar-refractivity contribution is 0.249. The van der Waals surface area contributed by atoms with E-state index in [2.05, 4.69) is 58.2 Å². The zero-order chi connectivity index (χ0) is 24.0. The van der Waals surface area contributed by atoms with Crippen LogP contribution in [-0.4, -0.2) is 40.9 Å². The molecule has 4 aromatic rings. The normalized spacial score (nSPS) is 14.3. The minimum absolute atomic E-state index is 0.0585. The summed E-state index contributed by atoms with van der Waals surface area (Å²) in [4.78, 5) is 19.2. The first kappa shape index (κ1) is 23.4. The van der Waals surface area contributed by atoms with Crippen molar-refractivity contribution in [2.75, 3.05) is 31.1 Å². The van der Waals surface area contributed by atoms with Crippen molar-refractivity contribution in [3.8, 4) is 5.69 Å². The standard InChI is InChI=1S/C29H30N4OS/c1-23-9-8-12-25(19-23)21-31-15-17-32(18-16-31)27-20-30-33(26-13-6-3-7-14-26)29(34)28(27)35-22-24-10-4-2-5-11-24/h2-14,19-20H,15-18,21-22H2,1H3. The third kappa shape index (κ3) is 5.66. The summed E-state index contributed by atoms with van der Waals surface area (Å²) in [5.74, 6) is 0.745. The molecule has 0 saturated carbocycles. The molecule has 0 bridgehead atoms. The van der Waals surface area contributed by atoms with Gasteiger partial charge in [0, 0.05) is 38.5 Å². The monoisotopic (exact) mass is 482 g/mol. The molecule has 178 valence electrons. The van der Waals surface area contributed by atoms with Crippen molar-refractivity contribution in [2.24, 2.45) is 0 Å². The molecule has 5 nitrogen and oxygen atoms in total. The van der Waals surface area contributed by atoms with Crippen LogP contribution in [0.2, 0.25) is 0 Å². The highest BCUT2D eigenvalue weighted by molar-refractivity contribution is 7.98. The zero-order valence-corrected chi connectivity index (χ0v) is 20.8. The van der Waals surface area contributed by atoms with E-state index in [4.69, 9.17) is 0 Å². The van der Waals surface area contributed by atoms with Crippen LogP contribution in [0.25, 0.3) is 5.69 Å². The predicted octanol–water partition coefficient (Wildman–Crippen LogP) is 5.16. The predicted molar refractivity (Wildman–Crippen MR) is 145 cm³/mol. The minimum atomic E-state index is -0.0585. The molecule has 0 atom stereocenters. The van der Waals surface area contributed by atoms with Gasteiger partial charge in [-0.15, -0.1) is 11.8 Å². The average molecular weight is 483 g/mol. The molecule has 0 spiro atoms. The van der Waals surface area contributed by atoms with Crippen molar-refractivity contribution in [3.63, 3.8) is 0 Å². The van der Waals surface area contributed by atoms with E-state index in [0.717, 1.165) is 54.7 Å². The number of anilines is 1. The van der Waals surface area contributed by atoms with E-state index in [1.54, 1.807) is 11.8 Å². The maximum Gasteiger partial charge on any atom is 0.287 e. The van der Waals surface area contributed by atoms with Crippen LogP contribution in [0.15, 0.2) is 101 Å². The summed E-state index contributed by atoms with van der Waals surface area (Å²) in [5.41, 5.74) is 5.52. The van der Waals surface area contributed by atoms with Gasteiger partial charge in [-0.05, 0) is 30.2 Å². The van der Waals surface area contributed by atoms with Crippen molar-refractivity contribution in [2.45, 2.75) is 24.1 Å². The number of rotatable bonds is 7. The third-order valence-electron chi connectivity index (χ3n) is 6.34. The Morgan fingerprint density at radius 2 is 1.51 bits per heavy atom. The van der Waals surface area contributed by atoms with Crippen molar-refractivity contribution in [1.82, 2.24) is 14.7 Å². The maximum absolute atomic E-state index is 13.6. The molecular weight excluding hydrogens is 452 g/mol. The van der Waals surface area contributed by atoms with E-state index in [1.807, 2.05) is 54.7 Å². The lowest BCUT2D eigenvalue weighted by Crippen LogP contribution is -2.46. The number of aryl methyl sites for hydroxylation is 1. The van der Waals surface area contributed by atoms with Gasteiger partial charge in [-0.2, -0.15) is 9.78 Å². The van der Waals surface area contributed by atoms with Gasteiger partial charge < -0.3 is 4.90 Å². The second kappa shape index (κ2) is 10.9. The second-order valence-corrected chi connectivity index (χ2v) is 9.92. The van der Waals surface area contributed by atoms with Gasteiger partial charge >= 0.3 is 0 Å². The van der Waals surface area contributed by atoms with Crippen LogP contribution in [0.1, 0.15) is 16.7 Å². The van der Waals surface area contributed by atoms with E-state index in [-0.39, 0.29) is 5.56 Å². The van der Waals surface area contributed by atoms with E-state index in [0.29, 0.717) is 0 Å². The largest absolute Gasteiger partial charge is 0.367 e. The van der Waals surface area contributed by atoms with Crippen LogP contribution in [0, 0.1) is 6.92 Å². The number of para-hydroxylation sites is 1. The topological polar surface area (TPSA) is 41.4 Å². The molecule has 0 radical (unpaired) electrons. The van der Waals surface area contributed by atoms with Crippen molar-refractivity contribution in [1.29, 1.82) is 0 Å². The van der Waals surface area contributed by atoms with Crippen molar-refractivity contribution < 1.29 is 0 Å². The van der Waals surface area contributed by atoms with Crippen molar-refractivity contribution in [3.05, 3.63) is 118 Å². The molecule has 0 unspecified atom stereocenters. The van der Waals surface area contributed by atoms with Gasteiger partial charge in [0.2, 0.25) is 0 Å². The third-order valence-corrected chi connectivity index (χ3v) is 7.49. The number of benzene rings is 3. The summed E-state index contributed by atoms with van der Waals surface area (Å²) in [7, 11) is 0. The smallest absolute Gasteiger partial charge is 0.287 e. The lowest BCUT2D eigenvalue weighted by atomic mass is 10.1. The van der Waals surface area contributed by atoms with E-state index in [9.17, 15) is 4.79 Å². The Morgan fingerprint density at radius 1 is 0.829 bits per heavy atom. The van der Waals surface area contributed by atoms with Crippen LogP contribution in [0.5, 0.6) is 0 Å². The summed E-state index contributed by atoms with van der Waals surface area (Å²) < 4.78 is 1.52. The maximum atomic E-state index is 13.6. The van der Waals surface area contributed by atoms with Crippen LogP contribution in [0.4, 0.5) is 5.69 Å². The Labute approximate surface area is 211 Å². The number of nitrogens with zero attached hydrogens (tertiary/aromatic N) is 4. The summed E-state index contributed by atoms with van der Waals surface area (Å²) in [6.45, 7) is 6.76. The zero-order valence-electron chi connectivity index (χ0n) is 20.0. The molecule has 2 heterocycles. The quantitative estimate of drug-likeness (QED) is 0.341. The highest BCUT2D eigenvalue weighted by Gasteiger charge is 2.23. The number of hydrogen-bond donors (Lipinski definition) is 0. The fourth-order valence-electron chi connectivity index (χ4n) is 4.49. The van der Waals surface area contributed by atoms with Gasteiger partial charge in [-0.25, -0.2) is 0 Å². The molecule has 0 amide bonds. The molecule has 6 heteroatoms. The molecular formula is C29H30N4OS. The summed E-state index contributed by atoms with van der Waals surface area (Å²) in [6.07, 6.45) is 1.87. The van der Waals surface area contributed by atoms with E-state index < -0.39 is 0 Å². The van der Waals surface area contributed by atoms with Crippen LogP contribution < -0.4 is 10.5 Å². The fourth-order valence-corrected chi connectivity index (χ4v) is 5.53.